The summed E-state index contributed by atoms with van der Waals surface area (Å²) in [5.41, 5.74) is 2.42. The van der Waals surface area contributed by atoms with Crippen molar-refractivity contribution in [3.8, 4) is 0 Å². The Morgan fingerprint density at radius 2 is 1.87 bits per heavy atom. The molecule has 7 nitrogen and oxygen atoms in total. The van der Waals surface area contributed by atoms with E-state index in [1.165, 1.54) is 4.57 Å². The van der Waals surface area contributed by atoms with Crippen LogP contribution in [0.3, 0.4) is 0 Å². The van der Waals surface area contributed by atoms with Gasteiger partial charge in [-0.2, -0.15) is 0 Å². The summed E-state index contributed by atoms with van der Waals surface area (Å²) in [4.78, 5) is 36.6. The Hall–Kier alpha value is -2.19. The van der Waals surface area contributed by atoms with Gasteiger partial charge in [0.1, 0.15) is 6.04 Å². The van der Waals surface area contributed by atoms with Crippen molar-refractivity contribution in [2.75, 3.05) is 6.61 Å². The van der Waals surface area contributed by atoms with Gasteiger partial charge in [-0.1, -0.05) is 26.8 Å². The smallest absolute Gasteiger partial charge is 0.329 e. The molecule has 1 saturated heterocycles. The van der Waals surface area contributed by atoms with E-state index in [2.05, 4.69) is 39.2 Å². The van der Waals surface area contributed by atoms with Gasteiger partial charge in [0.2, 0.25) is 11.8 Å². The lowest BCUT2D eigenvalue weighted by Crippen LogP contribution is -2.44. The molecule has 1 aromatic heterocycles. The van der Waals surface area contributed by atoms with Gasteiger partial charge in [0, 0.05) is 20.1 Å². The van der Waals surface area contributed by atoms with Crippen LogP contribution in [0.15, 0.2) is 23.0 Å². The number of benzene rings is 1. The number of rotatable bonds is 6. The fourth-order valence-electron chi connectivity index (χ4n) is 3.61. The highest BCUT2D eigenvalue weighted by Gasteiger charge is 2.36. The number of carbonyl (C=O) groups is 2. The normalized spacial score (nSPS) is 18.1. The van der Waals surface area contributed by atoms with Crippen molar-refractivity contribution in [2.45, 2.75) is 70.6 Å². The first-order chi connectivity index (χ1) is 13.9. The number of aryl methyl sites for hydroxylation is 2. The highest BCUT2D eigenvalue weighted by atomic mass is 28.4. The van der Waals surface area contributed by atoms with Crippen LogP contribution in [-0.4, -0.2) is 35.9 Å². The summed E-state index contributed by atoms with van der Waals surface area (Å²) in [5.74, 6) is -0.695. The van der Waals surface area contributed by atoms with Gasteiger partial charge in [0.25, 0.3) is 0 Å². The molecule has 1 unspecified atom stereocenters. The molecule has 1 aromatic carbocycles. The minimum Gasteiger partial charge on any atom is -0.417 e. The second kappa shape index (κ2) is 8.15. The number of hydrogen-bond acceptors (Lipinski definition) is 4. The SMILES string of the molecule is Cn1c(=O)n(C2CCC(=O)NC2=O)c2ccc(CCCO[Si](C)(C)C(C)(C)C)cc21. The van der Waals surface area contributed by atoms with E-state index < -0.39 is 20.3 Å². The summed E-state index contributed by atoms with van der Waals surface area (Å²) in [7, 11) is -0.0216. The van der Waals surface area contributed by atoms with Crippen molar-refractivity contribution in [1.29, 1.82) is 0 Å². The topological polar surface area (TPSA) is 82.3 Å². The Bertz CT molecular complexity index is 1030. The second-order valence-electron chi connectivity index (χ2n) is 9.71. The third kappa shape index (κ3) is 4.30. The largest absolute Gasteiger partial charge is 0.417 e. The van der Waals surface area contributed by atoms with Gasteiger partial charge in [-0.15, -0.1) is 0 Å². The average Bonchev–Trinajstić information content (AvgIpc) is 2.89. The van der Waals surface area contributed by atoms with Crippen LogP contribution in [-0.2, 0) is 27.5 Å². The summed E-state index contributed by atoms with van der Waals surface area (Å²) >= 11 is 0. The van der Waals surface area contributed by atoms with Gasteiger partial charge in [-0.3, -0.25) is 24.0 Å². The molecule has 3 rings (SSSR count). The minimum absolute atomic E-state index is 0.198. The molecule has 2 amide bonds. The third-order valence-corrected chi connectivity index (χ3v) is 11.1. The molecule has 0 radical (unpaired) electrons. The van der Waals surface area contributed by atoms with E-state index in [-0.39, 0.29) is 23.1 Å². The van der Waals surface area contributed by atoms with Crippen molar-refractivity contribution in [2.24, 2.45) is 7.05 Å². The Labute approximate surface area is 178 Å². The zero-order valence-electron chi connectivity index (χ0n) is 18.9. The van der Waals surface area contributed by atoms with E-state index in [0.717, 1.165) is 36.0 Å². The predicted molar refractivity (Wildman–Crippen MR) is 120 cm³/mol. The van der Waals surface area contributed by atoms with Gasteiger partial charge < -0.3 is 4.43 Å². The van der Waals surface area contributed by atoms with Gasteiger partial charge in [0.15, 0.2) is 8.32 Å². The van der Waals surface area contributed by atoms with Crippen LogP contribution < -0.4 is 11.0 Å². The molecule has 0 aliphatic carbocycles. The van der Waals surface area contributed by atoms with Crippen LogP contribution in [0, 0.1) is 0 Å². The second-order valence-corrected chi connectivity index (χ2v) is 14.5. The van der Waals surface area contributed by atoms with Crippen molar-refractivity contribution < 1.29 is 14.0 Å². The number of imide groups is 1. The van der Waals surface area contributed by atoms with Crippen molar-refractivity contribution in [1.82, 2.24) is 14.5 Å². The molecule has 1 fully saturated rings. The molecule has 164 valence electrons. The number of nitrogens with one attached hydrogen (secondary N) is 1. The van der Waals surface area contributed by atoms with Gasteiger partial charge in [0.05, 0.1) is 11.0 Å². The monoisotopic (exact) mass is 431 g/mol. The standard InChI is InChI=1S/C22H33N3O4Si/c1-22(2,3)30(5,6)29-13-7-8-15-9-10-16-18(14-15)24(4)21(28)25(16)17-11-12-19(26)23-20(17)27/h9-10,14,17H,7-8,11-13H2,1-6H3,(H,23,26,27). The number of amides is 2. The van der Waals surface area contributed by atoms with Gasteiger partial charge in [-0.05, 0) is 55.1 Å². The van der Waals surface area contributed by atoms with Crippen LogP contribution in [0.2, 0.25) is 18.1 Å². The highest BCUT2D eigenvalue weighted by Crippen LogP contribution is 2.36. The molecule has 8 heteroatoms. The average molecular weight is 432 g/mol. The van der Waals surface area contributed by atoms with E-state index in [4.69, 9.17) is 4.43 Å². The summed E-state index contributed by atoms with van der Waals surface area (Å²) in [6.07, 6.45) is 2.37. The van der Waals surface area contributed by atoms with Gasteiger partial charge >= 0.3 is 5.69 Å². The van der Waals surface area contributed by atoms with Crippen molar-refractivity contribution in [3.05, 3.63) is 34.2 Å². The van der Waals surface area contributed by atoms with Gasteiger partial charge in [-0.25, -0.2) is 4.79 Å². The molecule has 0 bridgehead atoms. The van der Waals surface area contributed by atoms with E-state index in [1.807, 2.05) is 18.2 Å². The fourth-order valence-corrected chi connectivity index (χ4v) is 4.70. The quantitative estimate of drug-likeness (QED) is 0.432. The predicted octanol–water partition coefficient (Wildman–Crippen LogP) is 3.27. The van der Waals surface area contributed by atoms with E-state index >= 15 is 0 Å². The Kier molecular flexibility index (Phi) is 6.11. The third-order valence-electron chi connectivity index (χ3n) is 6.55. The zero-order chi connectivity index (χ0) is 22.3. The number of imidazole rings is 1. The fraction of sp³-hybridized carbons (Fsp3) is 0.591. The molecule has 2 heterocycles. The Morgan fingerprint density at radius 1 is 1.17 bits per heavy atom. The Morgan fingerprint density at radius 3 is 2.50 bits per heavy atom. The molecule has 0 saturated carbocycles. The molecule has 1 aliphatic rings. The maximum Gasteiger partial charge on any atom is 0.329 e. The molecule has 2 aromatic rings. The maximum atomic E-state index is 12.8. The number of nitrogens with zero attached hydrogens (tertiary/aromatic N) is 2. The summed E-state index contributed by atoms with van der Waals surface area (Å²) in [6.45, 7) is 12.0. The van der Waals surface area contributed by atoms with Crippen LogP contribution >= 0.6 is 0 Å². The summed E-state index contributed by atoms with van der Waals surface area (Å²) < 4.78 is 9.35. The number of piperidine rings is 1. The molecule has 0 spiro atoms. The van der Waals surface area contributed by atoms with Crippen molar-refractivity contribution >= 4 is 31.2 Å². The first kappa shape index (κ1) is 22.5. The molecule has 30 heavy (non-hydrogen) atoms. The van der Waals surface area contributed by atoms with Crippen LogP contribution in [0.25, 0.3) is 11.0 Å². The van der Waals surface area contributed by atoms with E-state index in [0.29, 0.717) is 6.42 Å². The maximum absolute atomic E-state index is 12.8. The van der Waals surface area contributed by atoms with Crippen LogP contribution in [0.4, 0.5) is 0 Å². The Balaban J connectivity index is 1.76. The summed E-state index contributed by atoms with van der Waals surface area (Å²) in [6, 6.07) is 5.29. The zero-order valence-corrected chi connectivity index (χ0v) is 19.9. The number of hydrogen-bond donors (Lipinski definition) is 1. The lowest BCUT2D eigenvalue weighted by atomic mass is 10.1. The van der Waals surface area contributed by atoms with Crippen molar-refractivity contribution in [3.63, 3.8) is 0 Å². The summed E-state index contributed by atoms with van der Waals surface area (Å²) in [5, 5.41) is 2.54. The van der Waals surface area contributed by atoms with Crippen LogP contribution in [0.5, 0.6) is 0 Å². The number of aromatic nitrogens is 2. The molecule has 1 aliphatic heterocycles. The lowest BCUT2D eigenvalue weighted by molar-refractivity contribution is -0.135. The molecular weight excluding hydrogens is 398 g/mol. The first-order valence-electron chi connectivity index (χ1n) is 10.6. The van der Waals surface area contributed by atoms with Crippen LogP contribution in [0.1, 0.15) is 51.6 Å². The minimum atomic E-state index is -1.74. The van der Waals surface area contributed by atoms with E-state index in [1.54, 1.807) is 11.6 Å². The highest BCUT2D eigenvalue weighted by molar-refractivity contribution is 6.74. The number of carbonyl (C=O) groups excluding carboxylic acids is 2. The number of fused-ring (bicyclic) bond motifs is 1. The molecular formula is C22H33N3O4Si. The van der Waals surface area contributed by atoms with E-state index in [9.17, 15) is 14.4 Å². The first-order valence-corrected chi connectivity index (χ1v) is 13.5. The molecule has 1 N–H and O–H groups in total. The lowest BCUT2D eigenvalue weighted by Gasteiger charge is -2.36. The molecule has 1 atom stereocenters.